The number of esters is 1. The van der Waals surface area contributed by atoms with Crippen LogP contribution < -0.4 is 5.32 Å². The molecule has 6 nitrogen and oxygen atoms in total. The smallest absolute Gasteiger partial charge is 0.306 e. The number of aromatic nitrogens is 2. The van der Waals surface area contributed by atoms with Crippen molar-refractivity contribution >= 4 is 22.9 Å². The van der Waals surface area contributed by atoms with E-state index in [1.165, 1.54) is 7.11 Å². The van der Waals surface area contributed by atoms with Crippen LogP contribution in [0.25, 0.3) is 11.0 Å². The lowest BCUT2D eigenvalue weighted by Crippen LogP contribution is -2.23. The van der Waals surface area contributed by atoms with Crippen molar-refractivity contribution in [3.63, 3.8) is 0 Å². The minimum absolute atomic E-state index is 0.0888. The zero-order valence-corrected chi connectivity index (χ0v) is 11.1. The summed E-state index contributed by atoms with van der Waals surface area (Å²) in [4.78, 5) is 30.9. The Morgan fingerprint density at radius 3 is 2.65 bits per heavy atom. The third-order valence-corrected chi connectivity index (χ3v) is 2.81. The van der Waals surface area contributed by atoms with Crippen molar-refractivity contribution in [3.8, 4) is 0 Å². The lowest BCUT2D eigenvalue weighted by molar-refractivity contribution is -0.142. The van der Waals surface area contributed by atoms with Gasteiger partial charge in [0, 0.05) is 25.4 Å². The summed E-state index contributed by atoms with van der Waals surface area (Å²) in [6.45, 7) is 0.395. The summed E-state index contributed by atoms with van der Waals surface area (Å²) in [5.41, 5.74) is 2.53. The van der Waals surface area contributed by atoms with Crippen molar-refractivity contribution in [2.24, 2.45) is 0 Å². The Balaban J connectivity index is 1.89. The molecule has 0 aliphatic heterocycles. The van der Waals surface area contributed by atoms with Gasteiger partial charge in [0.2, 0.25) is 5.91 Å². The van der Waals surface area contributed by atoms with Gasteiger partial charge in [0.15, 0.2) is 0 Å². The summed E-state index contributed by atoms with van der Waals surface area (Å²) in [5.74, 6) is -0.573. The van der Waals surface area contributed by atoms with E-state index in [4.69, 9.17) is 0 Å². The number of nitrogens with one attached hydrogen (secondary N) is 1. The van der Waals surface area contributed by atoms with Crippen LogP contribution in [0, 0.1) is 0 Å². The molecule has 0 spiro atoms. The molecule has 0 fully saturated rings. The third kappa shape index (κ3) is 3.74. The molecule has 0 saturated heterocycles. The van der Waals surface area contributed by atoms with Crippen LogP contribution in [0.3, 0.4) is 0 Å². The Hall–Kier alpha value is -2.50. The molecule has 0 aliphatic carbocycles. The molecule has 2 rings (SSSR count). The standard InChI is InChI=1S/C14H15N3O3/c1-20-14(19)5-4-13(18)17-9-10-2-3-11-12(8-10)16-7-6-15-11/h2-3,6-8H,4-5,9H2,1H3,(H,17,18). The number of rotatable bonds is 5. The molecule has 2 aromatic rings. The van der Waals surface area contributed by atoms with Crippen molar-refractivity contribution in [2.45, 2.75) is 19.4 Å². The molecule has 1 aromatic heterocycles. The molecule has 1 N–H and O–H groups in total. The van der Waals surface area contributed by atoms with Gasteiger partial charge in [-0.3, -0.25) is 19.6 Å². The fourth-order valence-corrected chi connectivity index (χ4v) is 1.73. The molecule has 1 aromatic carbocycles. The minimum Gasteiger partial charge on any atom is -0.469 e. The van der Waals surface area contributed by atoms with Crippen LogP contribution >= 0.6 is 0 Å². The second-order valence-electron chi connectivity index (χ2n) is 4.23. The number of carbonyl (C=O) groups excluding carboxylic acids is 2. The Kier molecular flexibility index (Phi) is 4.60. The fraction of sp³-hybridized carbons (Fsp3) is 0.286. The van der Waals surface area contributed by atoms with E-state index in [2.05, 4.69) is 20.0 Å². The van der Waals surface area contributed by atoms with E-state index in [0.717, 1.165) is 16.6 Å². The maximum atomic E-state index is 11.6. The van der Waals surface area contributed by atoms with E-state index in [1.807, 2.05) is 18.2 Å². The second kappa shape index (κ2) is 6.60. The normalized spacial score (nSPS) is 10.2. The predicted molar refractivity (Wildman–Crippen MR) is 72.6 cm³/mol. The van der Waals surface area contributed by atoms with Crippen molar-refractivity contribution in [1.82, 2.24) is 15.3 Å². The van der Waals surface area contributed by atoms with Crippen LogP contribution in [0.2, 0.25) is 0 Å². The molecule has 0 saturated carbocycles. The molecular formula is C14H15N3O3. The number of nitrogens with zero attached hydrogens (tertiary/aromatic N) is 2. The van der Waals surface area contributed by atoms with Crippen molar-refractivity contribution in [3.05, 3.63) is 36.2 Å². The predicted octanol–water partition coefficient (Wildman–Crippen LogP) is 1.20. The minimum atomic E-state index is -0.388. The molecule has 0 aliphatic rings. The van der Waals surface area contributed by atoms with E-state index >= 15 is 0 Å². The van der Waals surface area contributed by atoms with E-state index in [-0.39, 0.29) is 24.7 Å². The van der Waals surface area contributed by atoms with Gasteiger partial charge in [0.25, 0.3) is 0 Å². The quantitative estimate of drug-likeness (QED) is 0.828. The van der Waals surface area contributed by atoms with Crippen LogP contribution in [0.5, 0.6) is 0 Å². The number of benzene rings is 1. The number of ether oxygens (including phenoxy) is 1. The molecule has 104 valence electrons. The molecular weight excluding hydrogens is 258 g/mol. The molecule has 20 heavy (non-hydrogen) atoms. The second-order valence-corrected chi connectivity index (χ2v) is 4.23. The molecule has 0 unspecified atom stereocenters. The number of amides is 1. The van der Waals surface area contributed by atoms with Crippen LogP contribution in [0.1, 0.15) is 18.4 Å². The van der Waals surface area contributed by atoms with Crippen LogP contribution in [0.4, 0.5) is 0 Å². The highest BCUT2D eigenvalue weighted by Gasteiger charge is 2.06. The zero-order valence-electron chi connectivity index (χ0n) is 11.1. The summed E-state index contributed by atoms with van der Waals surface area (Å²) >= 11 is 0. The van der Waals surface area contributed by atoms with Gasteiger partial charge in [0.05, 0.1) is 24.6 Å². The van der Waals surface area contributed by atoms with Gasteiger partial charge < -0.3 is 10.1 Å². The summed E-state index contributed by atoms with van der Waals surface area (Å²) in [7, 11) is 1.30. The maximum Gasteiger partial charge on any atom is 0.306 e. The number of carbonyl (C=O) groups is 2. The first-order valence-electron chi connectivity index (χ1n) is 6.22. The lowest BCUT2D eigenvalue weighted by atomic mass is 10.2. The van der Waals surface area contributed by atoms with Crippen LogP contribution in [0.15, 0.2) is 30.6 Å². The summed E-state index contributed by atoms with van der Waals surface area (Å²) in [6, 6.07) is 5.62. The molecule has 0 bridgehead atoms. The monoisotopic (exact) mass is 273 g/mol. The highest BCUT2D eigenvalue weighted by atomic mass is 16.5. The average Bonchev–Trinajstić information content (AvgIpc) is 2.50. The van der Waals surface area contributed by atoms with Crippen LogP contribution in [-0.4, -0.2) is 29.0 Å². The Morgan fingerprint density at radius 2 is 1.90 bits per heavy atom. The number of methoxy groups -OCH3 is 1. The SMILES string of the molecule is COC(=O)CCC(=O)NCc1ccc2nccnc2c1. The summed E-state index contributed by atoms with van der Waals surface area (Å²) < 4.78 is 4.48. The third-order valence-electron chi connectivity index (χ3n) is 2.81. The molecule has 0 radical (unpaired) electrons. The first-order chi connectivity index (χ1) is 9.69. The van der Waals surface area contributed by atoms with Gasteiger partial charge in [-0.05, 0) is 17.7 Å². The van der Waals surface area contributed by atoms with Crippen molar-refractivity contribution < 1.29 is 14.3 Å². The van der Waals surface area contributed by atoms with Gasteiger partial charge in [0.1, 0.15) is 0 Å². The van der Waals surface area contributed by atoms with Crippen molar-refractivity contribution in [2.75, 3.05) is 7.11 Å². The molecule has 0 atom stereocenters. The number of hydrogen-bond acceptors (Lipinski definition) is 5. The lowest BCUT2D eigenvalue weighted by Gasteiger charge is -2.05. The maximum absolute atomic E-state index is 11.6. The topological polar surface area (TPSA) is 81.2 Å². The van der Waals surface area contributed by atoms with E-state index in [1.54, 1.807) is 12.4 Å². The molecule has 6 heteroatoms. The number of hydrogen-bond donors (Lipinski definition) is 1. The highest BCUT2D eigenvalue weighted by molar-refractivity contribution is 5.81. The summed E-state index contributed by atoms with van der Waals surface area (Å²) in [5, 5.41) is 2.75. The van der Waals surface area contributed by atoms with Gasteiger partial charge in [-0.25, -0.2) is 0 Å². The van der Waals surface area contributed by atoms with Crippen LogP contribution in [-0.2, 0) is 20.9 Å². The summed E-state index contributed by atoms with van der Waals surface area (Å²) in [6.07, 6.45) is 3.48. The Labute approximate surface area is 116 Å². The van der Waals surface area contributed by atoms with Gasteiger partial charge in [-0.2, -0.15) is 0 Å². The molecule has 1 heterocycles. The van der Waals surface area contributed by atoms with Gasteiger partial charge in [-0.15, -0.1) is 0 Å². The largest absolute Gasteiger partial charge is 0.469 e. The van der Waals surface area contributed by atoms with Gasteiger partial charge in [-0.1, -0.05) is 6.07 Å². The number of fused-ring (bicyclic) bond motifs is 1. The van der Waals surface area contributed by atoms with Gasteiger partial charge >= 0.3 is 5.97 Å². The van der Waals surface area contributed by atoms with Crippen molar-refractivity contribution in [1.29, 1.82) is 0 Å². The average molecular weight is 273 g/mol. The Bertz CT molecular complexity index is 628. The molecule has 1 amide bonds. The Morgan fingerprint density at radius 1 is 1.15 bits per heavy atom. The first kappa shape index (κ1) is 13.9. The van der Waals surface area contributed by atoms with E-state index in [0.29, 0.717) is 6.54 Å². The van der Waals surface area contributed by atoms with E-state index < -0.39 is 0 Å². The first-order valence-corrected chi connectivity index (χ1v) is 6.22. The highest BCUT2D eigenvalue weighted by Crippen LogP contribution is 2.10. The fourth-order valence-electron chi connectivity index (χ4n) is 1.73. The zero-order chi connectivity index (χ0) is 14.4. The van der Waals surface area contributed by atoms with E-state index in [9.17, 15) is 9.59 Å².